The van der Waals surface area contributed by atoms with Gasteiger partial charge in [-0.15, -0.1) is 0 Å². The Morgan fingerprint density at radius 2 is 2.00 bits per heavy atom. The fourth-order valence-electron chi connectivity index (χ4n) is 1.45. The second kappa shape index (κ2) is 4.09. The first-order valence-corrected chi connectivity index (χ1v) is 4.73. The van der Waals surface area contributed by atoms with Gasteiger partial charge in [0.25, 0.3) is 0 Å². The molecule has 0 aliphatic carbocycles. The lowest BCUT2D eigenvalue weighted by Gasteiger charge is -2.04. The van der Waals surface area contributed by atoms with Gasteiger partial charge in [-0.1, -0.05) is 6.07 Å². The molecule has 2 aromatic rings. The van der Waals surface area contributed by atoms with Gasteiger partial charge >= 0.3 is 0 Å². The van der Waals surface area contributed by atoms with E-state index >= 15 is 0 Å². The molecule has 0 unspecified atom stereocenters. The highest BCUT2D eigenvalue weighted by molar-refractivity contribution is 5.64. The monoisotopic (exact) mass is 200 g/mol. The summed E-state index contributed by atoms with van der Waals surface area (Å²) < 4.78 is 5.01. The van der Waals surface area contributed by atoms with Gasteiger partial charge in [-0.3, -0.25) is 4.98 Å². The van der Waals surface area contributed by atoms with E-state index in [1.54, 1.807) is 19.5 Å². The van der Waals surface area contributed by atoms with Crippen LogP contribution in [-0.4, -0.2) is 17.1 Å². The van der Waals surface area contributed by atoms with Crippen LogP contribution >= 0.6 is 0 Å². The molecule has 76 valence electrons. The summed E-state index contributed by atoms with van der Waals surface area (Å²) in [7, 11) is 1.61. The van der Waals surface area contributed by atoms with Gasteiger partial charge in [-0.2, -0.15) is 0 Å². The van der Waals surface area contributed by atoms with Crippen molar-refractivity contribution in [2.75, 3.05) is 7.11 Å². The molecule has 0 aliphatic heterocycles. The third kappa shape index (κ3) is 1.96. The first kappa shape index (κ1) is 9.65. The van der Waals surface area contributed by atoms with Crippen LogP contribution in [0.3, 0.4) is 0 Å². The number of pyridine rings is 2. The Hall–Kier alpha value is -1.90. The third-order valence-corrected chi connectivity index (χ3v) is 2.26. The van der Waals surface area contributed by atoms with Crippen molar-refractivity contribution < 1.29 is 4.74 Å². The van der Waals surface area contributed by atoms with Crippen molar-refractivity contribution in [3.05, 3.63) is 42.4 Å². The standard InChI is InChI=1S/C12H12N2O/c1-9-11(4-3-7-13-9)10-5-6-12(15-2)14-8-10/h3-8H,1-2H3. The Morgan fingerprint density at radius 3 is 2.60 bits per heavy atom. The van der Waals surface area contributed by atoms with Crippen molar-refractivity contribution in [2.45, 2.75) is 6.92 Å². The average Bonchev–Trinajstić information content (AvgIpc) is 2.30. The van der Waals surface area contributed by atoms with E-state index in [4.69, 9.17) is 4.74 Å². The molecule has 0 fully saturated rings. The molecule has 15 heavy (non-hydrogen) atoms. The second-order valence-electron chi connectivity index (χ2n) is 3.23. The van der Waals surface area contributed by atoms with Crippen LogP contribution in [0, 0.1) is 6.92 Å². The van der Waals surface area contributed by atoms with Crippen molar-refractivity contribution in [1.29, 1.82) is 0 Å². The summed E-state index contributed by atoms with van der Waals surface area (Å²) in [6, 6.07) is 7.79. The maximum atomic E-state index is 5.01. The minimum atomic E-state index is 0.625. The number of hydrogen-bond donors (Lipinski definition) is 0. The molecule has 0 radical (unpaired) electrons. The normalized spacial score (nSPS) is 10.0. The molecule has 0 aromatic carbocycles. The molecule has 0 aliphatic rings. The van der Waals surface area contributed by atoms with Gasteiger partial charge in [-0.05, 0) is 19.1 Å². The number of ether oxygens (including phenoxy) is 1. The van der Waals surface area contributed by atoms with E-state index in [0.29, 0.717) is 5.88 Å². The SMILES string of the molecule is COc1ccc(-c2cccnc2C)cn1. The lowest BCUT2D eigenvalue weighted by Crippen LogP contribution is -1.89. The highest BCUT2D eigenvalue weighted by Gasteiger charge is 2.02. The Labute approximate surface area is 88.8 Å². The Kier molecular flexibility index (Phi) is 2.63. The summed E-state index contributed by atoms with van der Waals surface area (Å²) in [6.07, 6.45) is 3.58. The molecule has 0 saturated heterocycles. The molecule has 0 spiro atoms. The molecule has 0 bridgehead atoms. The molecule has 0 N–H and O–H groups in total. The lowest BCUT2D eigenvalue weighted by atomic mass is 10.1. The van der Waals surface area contributed by atoms with Crippen LogP contribution in [0.15, 0.2) is 36.7 Å². The van der Waals surface area contributed by atoms with Gasteiger partial charge in [0.2, 0.25) is 5.88 Å². The number of rotatable bonds is 2. The maximum absolute atomic E-state index is 5.01. The number of methoxy groups -OCH3 is 1. The van der Waals surface area contributed by atoms with E-state index in [2.05, 4.69) is 9.97 Å². The first-order valence-electron chi connectivity index (χ1n) is 4.73. The van der Waals surface area contributed by atoms with Crippen molar-refractivity contribution in [2.24, 2.45) is 0 Å². The predicted octanol–water partition coefficient (Wildman–Crippen LogP) is 2.46. The van der Waals surface area contributed by atoms with Crippen LogP contribution in [0.1, 0.15) is 5.69 Å². The van der Waals surface area contributed by atoms with Crippen LogP contribution in [0.4, 0.5) is 0 Å². The minimum Gasteiger partial charge on any atom is -0.481 e. The fraction of sp³-hybridized carbons (Fsp3) is 0.167. The summed E-state index contributed by atoms with van der Waals surface area (Å²) in [5.41, 5.74) is 3.17. The number of aryl methyl sites for hydroxylation is 1. The van der Waals surface area contributed by atoms with Crippen molar-refractivity contribution in [3.8, 4) is 17.0 Å². The number of hydrogen-bond acceptors (Lipinski definition) is 3. The summed E-state index contributed by atoms with van der Waals surface area (Å²) in [5.74, 6) is 0.625. The van der Waals surface area contributed by atoms with Gasteiger partial charge in [0.1, 0.15) is 0 Å². The molecule has 2 aromatic heterocycles. The van der Waals surface area contributed by atoms with Crippen LogP contribution in [0.25, 0.3) is 11.1 Å². The molecule has 2 heterocycles. The largest absolute Gasteiger partial charge is 0.481 e. The van der Waals surface area contributed by atoms with Gasteiger partial charge in [0.05, 0.1) is 7.11 Å². The van der Waals surface area contributed by atoms with Crippen LogP contribution in [0.2, 0.25) is 0 Å². The summed E-state index contributed by atoms with van der Waals surface area (Å²) in [6.45, 7) is 1.99. The van der Waals surface area contributed by atoms with E-state index < -0.39 is 0 Å². The number of nitrogens with zero attached hydrogens (tertiary/aromatic N) is 2. The molecule has 0 atom stereocenters. The van der Waals surface area contributed by atoms with Crippen LogP contribution in [0.5, 0.6) is 5.88 Å². The summed E-state index contributed by atoms with van der Waals surface area (Å²) in [5, 5.41) is 0. The van der Waals surface area contributed by atoms with Crippen molar-refractivity contribution >= 4 is 0 Å². The second-order valence-corrected chi connectivity index (χ2v) is 3.23. The van der Waals surface area contributed by atoms with Crippen molar-refractivity contribution in [1.82, 2.24) is 9.97 Å². The zero-order chi connectivity index (χ0) is 10.7. The zero-order valence-corrected chi connectivity index (χ0v) is 8.77. The molecule has 0 saturated carbocycles. The van der Waals surface area contributed by atoms with E-state index in [0.717, 1.165) is 16.8 Å². The van der Waals surface area contributed by atoms with E-state index in [9.17, 15) is 0 Å². The number of aromatic nitrogens is 2. The quantitative estimate of drug-likeness (QED) is 0.747. The molecular formula is C12H12N2O. The topological polar surface area (TPSA) is 35.0 Å². The maximum Gasteiger partial charge on any atom is 0.212 e. The highest BCUT2D eigenvalue weighted by atomic mass is 16.5. The van der Waals surface area contributed by atoms with Gasteiger partial charge in [-0.25, -0.2) is 4.98 Å². The first-order chi connectivity index (χ1) is 7.31. The highest BCUT2D eigenvalue weighted by Crippen LogP contribution is 2.21. The lowest BCUT2D eigenvalue weighted by molar-refractivity contribution is 0.398. The molecule has 2 rings (SSSR count). The zero-order valence-electron chi connectivity index (χ0n) is 8.77. The van der Waals surface area contributed by atoms with E-state index in [1.807, 2.05) is 31.2 Å². The van der Waals surface area contributed by atoms with E-state index in [1.165, 1.54) is 0 Å². The molecular weight excluding hydrogens is 188 g/mol. The molecule has 0 amide bonds. The summed E-state index contributed by atoms with van der Waals surface area (Å²) >= 11 is 0. The molecule has 3 nitrogen and oxygen atoms in total. The molecule has 3 heteroatoms. The van der Waals surface area contributed by atoms with Gasteiger partial charge < -0.3 is 4.74 Å². The van der Waals surface area contributed by atoms with Gasteiger partial charge in [0, 0.05) is 35.3 Å². The van der Waals surface area contributed by atoms with Crippen molar-refractivity contribution in [3.63, 3.8) is 0 Å². The smallest absolute Gasteiger partial charge is 0.212 e. The van der Waals surface area contributed by atoms with Gasteiger partial charge in [0.15, 0.2) is 0 Å². The third-order valence-electron chi connectivity index (χ3n) is 2.26. The van der Waals surface area contributed by atoms with E-state index in [-0.39, 0.29) is 0 Å². The Balaban J connectivity index is 2.42. The average molecular weight is 200 g/mol. The minimum absolute atomic E-state index is 0.625. The predicted molar refractivity (Wildman–Crippen MR) is 58.8 cm³/mol. The summed E-state index contributed by atoms with van der Waals surface area (Å²) in [4.78, 5) is 8.40. The fourth-order valence-corrected chi connectivity index (χ4v) is 1.45. The Morgan fingerprint density at radius 1 is 1.13 bits per heavy atom. The van der Waals surface area contributed by atoms with Crippen LogP contribution in [-0.2, 0) is 0 Å². The Bertz CT molecular complexity index is 451. The van der Waals surface area contributed by atoms with Crippen LogP contribution < -0.4 is 4.74 Å².